The van der Waals surface area contributed by atoms with Crippen LogP contribution in [-0.4, -0.2) is 36.7 Å². The summed E-state index contributed by atoms with van der Waals surface area (Å²) < 4.78 is 31.1. The van der Waals surface area contributed by atoms with Crippen LogP contribution in [0.5, 0.6) is 0 Å². The Hall–Kier alpha value is -0.880. The highest BCUT2D eigenvalue weighted by molar-refractivity contribution is 7.89. The average Bonchev–Trinajstić information content (AvgIpc) is 2.87. The quantitative estimate of drug-likeness (QED) is 0.847. The van der Waals surface area contributed by atoms with E-state index >= 15 is 0 Å². The van der Waals surface area contributed by atoms with Gasteiger partial charge in [-0.05, 0) is 25.7 Å². The molecule has 1 aliphatic carbocycles. The number of sulfonamides is 1. The molecular weight excluding hydrogens is 264 g/mol. The predicted octanol–water partition coefficient (Wildman–Crippen LogP) is 1.90. The van der Waals surface area contributed by atoms with E-state index in [4.69, 9.17) is 4.52 Å². The van der Waals surface area contributed by atoms with Crippen LogP contribution in [0.25, 0.3) is 0 Å². The lowest BCUT2D eigenvalue weighted by atomic mass is 9.99. The molecular formula is C13H20N2O3S. The molecule has 1 aromatic heterocycles. The largest absolute Gasteiger partial charge is 0.361 e. The molecule has 0 unspecified atom stereocenters. The fourth-order valence-electron chi connectivity index (χ4n) is 3.01. The summed E-state index contributed by atoms with van der Waals surface area (Å²) in [6.45, 7) is 2.96. The molecule has 1 aromatic rings. The lowest BCUT2D eigenvalue weighted by molar-refractivity contribution is 0.250. The maximum absolute atomic E-state index is 12.2. The summed E-state index contributed by atoms with van der Waals surface area (Å²) in [6, 6.07) is 1.89. The van der Waals surface area contributed by atoms with Gasteiger partial charge >= 0.3 is 0 Å². The van der Waals surface area contributed by atoms with Crippen molar-refractivity contribution in [2.45, 2.75) is 38.5 Å². The van der Waals surface area contributed by atoms with Gasteiger partial charge in [-0.3, -0.25) is 0 Å². The van der Waals surface area contributed by atoms with Gasteiger partial charge in [-0.25, -0.2) is 12.7 Å². The molecule has 2 aliphatic rings. The van der Waals surface area contributed by atoms with Gasteiger partial charge in [0.25, 0.3) is 0 Å². The van der Waals surface area contributed by atoms with Crippen molar-refractivity contribution < 1.29 is 12.9 Å². The van der Waals surface area contributed by atoms with E-state index in [9.17, 15) is 8.42 Å². The molecule has 0 radical (unpaired) electrons. The number of hydrogen-bond acceptors (Lipinski definition) is 4. The fourth-order valence-corrected chi connectivity index (χ4v) is 4.96. The lowest BCUT2D eigenvalue weighted by Crippen LogP contribution is -2.49. The minimum absolute atomic E-state index is 0.204. The van der Waals surface area contributed by atoms with Crippen molar-refractivity contribution in [3.8, 4) is 0 Å². The molecule has 1 saturated heterocycles. The Morgan fingerprint density at radius 1 is 1.37 bits per heavy atom. The summed E-state index contributed by atoms with van der Waals surface area (Å²) in [5.41, 5.74) is 0.879. The smallest absolute Gasteiger partial charge is 0.214 e. The number of aromatic nitrogens is 1. The van der Waals surface area contributed by atoms with Crippen molar-refractivity contribution >= 4 is 10.0 Å². The third kappa shape index (κ3) is 2.69. The molecule has 1 saturated carbocycles. The first kappa shape index (κ1) is 13.1. The summed E-state index contributed by atoms with van der Waals surface area (Å²) in [5, 5.41) is 3.96. The van der Waals surface area contributed by atoms with Crippen molar-refractivity contribution in [1.82, 2.24) is 9.46 Å². The predicted molar refractivity (Wildman–Crippen MR) is 71.3 cm³/mol. The molecule has 2 fully saturated rings. The van der Waals surface area contributed by atoms with Crippen molar-refractivity contribution in [3.63, 3.8) is 0 Å². The van der Waals surface area contributed by atoms with Gasteiger partial charge in [0.15, 0.2) is 0 Å². The van der Waals surface area contributed by atoms with E-state index in [1.54, 1.807) is 4.31 Å². The molecule has 0 aromatic carbocycles. The normalized spacial score (nSPS) is 22.8. The van der Waals surface area contributed by atoms with Crippen LogP contribution in [0.3, 0.4) is 0 Å². The van der Waals surface area contributed by atoms with E-state index in [1.807, 2.05) is 13.0 Å². The topological polar surface area (TPSA) is 63.4 Å². The highest BCUT2D eigenvalue weighted by Crippen LogP contribution is 2.32. The number of nitrogens with zero attached hydrogens (tertiary/aromatic N) is 2. The van der Waals surface area contributed by atoms with Gasteiger partial charge in [0.2, 0.25) is 10.0 Å². The Bertz CT molecular complexity index is 540. The van der Waals surface area contributed by atoms with Gasteiger partial charge in [-0.1, -0.05) is 18.0 Å². The SMILES string of the molecule is Cc1cc(C2CN(S(=O)(=O)CC3CCCC3)C2)no1. The van der Waals surface area contributed by atoms with E-state index in [1.165, 1.54) is 12.8 Å². The highest BCUT2D eigenvalue weighted by Gasteiger charge is 2.39. The van der Waals surface area contributed by atoms with Crippen molar-refractivity contribution in [3.05, 3.63) is 17.5 Å². The van der Waals surface area contributed by atoms with Crippen LogP contribution >= 0.6 is 0 Å². The van der Waals surface area contributed by atoms with E-state index in [-0.39, 0.29) is 5.92 Å². The maximum Gasteiger partial charge on any atom is 0.214 e. The first-order valence-corrected chi connectivity index (χ1v) is 8.56. The number of rotatable bonds is 4. The molecule has 106 valence electrons. The molecule has 19 heavy (non-hydrogen) atoms. The molecule has 5 nitrogen and oxygen atoms in total. The summed E-state index contributed by atoms with van der Waals surface area (Å²) in [4.78, 5) is 0. The number of hydrogen-bond donors (Lipinski definition) is 0. The molecule has 3 rings (SSSR count). The maximum atomic E-state index is 12.2. The van der Waals surface area contributed by atoms with Gasteiger partial charge in [0, 0.05) is 25.1 Å². The van der Waals surface area contributed by atoms with Crippen LogP contribution in [0.4, 0.5) is 0 Å². The van der Waals surface area contributed by atoms with Crippen molar-refractivity contribution in [1.29, 1.82) is 0 Å². The second-order valence-electron chi connectivity index (χ2n) is 5.81. The van der Waals surface area contributed by atoms with E-state index in [2.05, 4.69) is 5.16 Å². The van der Waals surface area contributed by atoms with Gasteiger partial charge in [-0.2, -0.15) is 0 Å². The van der Waals surface area contributed by atoms with Crippen LogP contribution < -0.4 is 0 Å². The van der Waals surface area contributed by atoms with Crippen LogP contribution in [0.2, 0.25) is 0 Å². The van der Waals surface area contributed by atoms with Crippen LogP contribution in [-0.2, 0) is 10.0 Å². The Balaban J connectivity index is 1.57. The third-order valence-electron chi connectivity index (χ3n) is 4.23. The highest BCUT2D eigenvalue weighted by atomic mass is 32.2. The molecule has 0 N–H and O–H groups in total. The van der Waals surface area contributed by atoms with Crippen LogP contribution in [0.15, 0.2) is 10.6 Å². The standard InChI is InChI=1S/C13H20N2O3S/c1-10-6-13(14-18-10)12-7-15(8-12)19(16,17)9-11-4-2-3-5-11/h6,11-12H,2-5,7-9H2,1H3. The van der Waals surface area contributed by atoms with Crippen molar-refractivity contribution in [2.24, 2.45) is 5.92 Å². The summed E-state index contributed by atoms with van der Waals surface area (Å²) in [5.74, 6) is 1.69. The summed E-state index contributed by atoms with van der Waals surface area (Å²) >= 11 is 0. The minimum atomic E-state index is -3.07. The fraction of sp³-hybridized carbons (Fsp3) is 0.769. The molecule has 6 heteroatoms. The van der Waals surface area contributed by atoms with Gasteiger partial charge < -0.3 is 4.52 Å². The Morgan fingerprint density at radius 3 is 2.63 bits per heavy atom. The third-order valence-corrected chi connectivity index (χ3v) is 6.20. The minimum Gasteiger partial charge on any atom is -0.361 e. The first-order chi connectivity index (χ1) is 9.04. The zero-order chi connectivity index (χ0) is 13.5. The Kier molecular flexibility index (Phi) is 3.39. The zero-order valence-corrected chi connectivity index (χ0v) is 12.0. The van der Waals surface area contributed by atoms with Crippen LogP contribution in [0, 0.1) is 12.8 Å². The van der Waals surface area contributed by atoms with Gasteiger partial charge in [0.1, 0.15) is 5.76 Å². The molecule has 0 bridgehead atoms. The van der Waals surface area contributed by atoms with E-state index in [0.717, 1.165) is 24.3 Å². The van der Waals surface area contributed by atoms with E-state index in [0.29, 0.717) is 24.8 Å². The molecule has 1 aliphatic heterocycles. The molecule has 0 spiro atoms. The van der Waals surface area contributed by atoms with Crippen LogP contribution in [0.1, 0.15) is 43.1 Å². The lowest BCUT2D eigenvalue weighted by Gasteiger charge is -2.37. The summed E-state index contributed by atoms with van der Waals surface area (Å²) in [7, 11) is -3.07. The monoisotopic (exact) mass is 284 g/mol. The average molecular weight is 284 g/mol. The van der Waals surface area contributed by atoms with Gasteiger partial charge in [0.05, 0.1) is 11.4 Å². The van der Waals surface area contributed by atoms with Gasteiger partial charge in [-0.15, -0.1) is 0 Å². The molecule has 0 amide bonds. The Morgan fingerprint density at radius 2 is 2.05 bits per heavy atom. The van der Waals surface area contributed by atoms with Crippen molar-refractivity contribution in [2.75, 3.05) is 18.8 Å². The second-order valence-corrected chi connectivity index (χ2v) is 7.82. The van der Waals surface area contributed by atoms with E-state index < -0.39 is 10.0 Å². The first-order valence-electron chi connectivity index (χ1n) is 6.95. The molecule has 0 atom stereocenters. The Labute approximate surface area is 114 Å². The molecule has 2 heterocycles. The number of aryl methyl sites for hydroxylation is 1. The summed E-state index contributed by atoms with van der Waals surface area (Å²) in [6.07, 6.45) is 4.50. The second kappa shape index (κ2) is 4.90. The zero-order valence-electron chi connectivity index (χ0n) is 11.2.